The molecule has 6 heteroatoms. The van der Waals surface area contributed by atoms with Crippen molar-refractivity contribution in [2.24, 2.45) is 5.16 Å². The molecular weight excluding hydrogens is 334 g/mol. The maximum atomic E-state index is 12.1. The SMILES string of the molecule is CON=C(C(=O)SC)c1ccccc1COc1ccccc1Cl. The average molecular weight is 350 g/mol. The summed E-state index contributed by atoms with van der Waals surface area (Å²) < 4.78 is 5.76. The van der Waals surface area contributed by atoms with Gasteiger partial charge < -0.3 is 9.57 Å². The third-order valence-electron chi connectivity index (χ3n) is 3.05. The van der Waals surface area contributed by atoms with Crippen LogP contribution >= 0.6 is 23.4 Å². The molecule has 0 spiro atoms. The standard InChI is InChI=1S/C17H16ClNO3S/c1-21-19-16(17(20)23-2)13-8-4-3-7-12(13)11-22-15-10-6-5-9-14(15)18/h3-10H,11H2,1-2H3. The predicted octanol–water partition coefficient (Wildman–Crippen LogP) is 4.16. The van der Waals surface area contributed by atoms with Crippen LogP contribution in [0.25, 0.3) is 0 Å². The Morgan fingerprint density at radius 2 is 1.87 bits per heavy atom. The highest BCUT2D eigenvalue weighted by molar-refractivity contribution is 8.14. The van der Waals surface area contributed by atoms with Crippen molar-refractivity contribution < 1.29 is 14.4 Å². The molecule has 0 bridgehead atoms. The first-order valence-corrected chi connectivity index (χ1v) is 8.42. The zero-order valence-corrected chi connectivity index (χ0v) is 14.4. The topological polar surface area (TPSA) is 47.9 Å². The second-order valence-electron chi connectivity index (χ2n) is 4.49. The normalized spacial score (nSPS) is 11.2. The zero-order chi connectivity index (χ0) is 16.7. The van der Waals surface area contributed by atoms with E-state index in [1.165, 1.54) is 7.11 Å². The van der Waals surface area contributed by atoms with E-state index in [-0.39, 0.29) is 17.4 Å². The Morgan fingerprint density at radius 1 is 1.17 bits per heavy atom. The van der Waals surface area contributed by atoms with E-state index in [0.29, 0.717) is 16.3 Å². The lowest BCUT2D eigenvalue weighted by Gasteiger charge is -2.12. The number of halogens is 1. The Hall–Kier alpha value is -1.98. The van der Waals surface area contributed by atoms with Gasteiger partial charge in [-0.25, -0.2) is 0 Å². The number of ether oxygens (including phenoxy) is 1. The summed E-state index contributed by atoms with van der Waals surface area (Å²) in [5, 5.41) is 4.23. The summed E-state index contributed by atoms with van der Waals surface area (Å²) in [6, 6.07) is 14.7. The molecule has 4 nitrogen and oxygen atoms in total. The second kappa shape index (κ2) is 8.60. The monoisotopic (exact) mass is 349 g/mol. The van der Waals surface area contributed by atoms with Gasteiger partial charge in [-0.3, -0.25) is 4.79 Å². The Labute approximate surface area is 144 Å². The fourth-order valence-corrected chi connectivity index (χ4v) is 2.51. The van der Waals surface area contributed by atoms with Crippen molar-refractivity contribution in [1.29, 1.82) is 0 Å². The summed E-state index contributed by atoms with van der Waals surface area (Å²) in [6.45, 7) is 0.268. The smallest absolute Gasteiger partial charge is 0.241 e. The third-order valence-corrected chi connectivity index (χ3v) is 3.93. The molecule has 0 fully saturated rings. The molecule has 0 saturated carbocycles. The number of carbonyl (C=O) groups is 1. The molecule has 0 N–H and O–H groups in total. The fourth-order valence-electron chi connectivity index (χ4n) is 1.98. The van der Waals surface area contributed by atoms with Crippen LogP contribution in [0.1, 0.15) is 11.1 Å². The van der Waals surface area contributed by atoms with Gasteiger partial charge in [0.2, 0.25) is 5.12 Å². The quantitative estimate of drug-likeness (QED) is 0.580. The lowest BCUT2D eigenvalue weighted by Crippen LogP contribution is -2.15. The first-order chi connectivity index (χ1) is 11.2. The molecule has 0 unspecified atom stereocenters. The largest absolute Gasteiger partial charge is 0.487 e. The van der Waals surface area contributed by atoms with Crippen molar-refractivity contribution in [3.05, 3.63) is 64.7 Å². The lowest BCUT2D eigenvalue weighted by atomic mass is 10.0. The summed E-state index contributed by atoms with van der Waals surface area (Å²) in [4.78, 5) is 16.9. The van der Waals surface area contributed by atoms with Crippen LogP contribution in [0.3, 0.4) is 0 Å². The summed E-state index contributed by atoms with van der Waals surface area (Å²) in [5.74, 6) is 0.588. The molecule has 2 rings (SSSR count). The summed E-state index contributed by atoms with van der Waals surface area (Å²) >= 11 is 7.17. The van der Waals surface area contributed by atoms with E-state index >= 15 is 0 Å². The van der Waals surface area contributed by atoms with Crippen molar-refractivity contribution >= 4 is 34.2 Å². The van der Waals surface area contributed by atoms with Crippen LogP contribution in [0.5, 0.6) is 5.75 Å². The van der Waals surface area contributed by atoms with Gasteiger partial charge in [0.05, 0.1) is 5.02 Å². The molecule has 120 valence electrons. The number of nitrogens with zero attached hydrogens (tertiary/aromatic N) is 1. The van der Waals surface area contributed by atoms with E-state index in [1.807, 2.05) is 36.4 Å². The number of para-hydroxylation sites is 1. The van der Waals surface area contributed by atoms with Crippen LogP contribution in [0.4, 0.5) is 0 Å². The predicted molar refractivity (Wildman–Crippen MR) is 94.3 cm³/mol. The molecule has 0 aromatic heterocycles. The molecule has 23 heavy (non-hydrogen) atoms. The maximum Gasteiger partial charge on any atom is 0.241 e. The second-order valence-corrected chi connectivity index (χ2v) is 5.68. The number of hydrogen-bond donors (Lipinski definition) is 0. The Kier molecular flexibility index (Phi) is 6.50. The molecule has 0 radical (unpaired) electrons. The van der Waals surface area contributed by atoms with Gasteiger partial charge in [-0.2, -0.15) is 0 Å². The van der Waals surface area contributed by atoms with E-state index in [2.05, 4.69) is 5.16 Å². The van der Waals surface area contributed by atoms with Crippen molar-refractivity contribution in [2.75, 3.05) is 13.4 Å². The molecular formula is C17H16ClNO3S. The molecule has 0 aliphatic carbocycles. The Morgan fingerprint density at radius 3 is 2.57 bits per heavy atom. The van der Waals surface area contributed by atoms with Gasteiger partial charge in [-0.15, -0.1) is 0 Å². The van der Waals surface area contributed by atoms with Gasteiger partial charge in [-0.1, -0.05) is 64.9 Å². The number of oxime groups is 1. The highest BCUT2D eigenvalue weighted by Crippen LogP contribution is 2.25. The van der Waals surface area contributed by atoms with Crippen LogP contribution < -0.4 is 4.74 Å². The summed E-state index contributed by atoms with van der Waals surface area (Å²) in [6.07, 6.45) is 1.70. The molecule has 0 amide bonds. The highest BCUT2D eigenvalue weighted by atomic mass is 35.5. The summed E-state index contributed by atoms with van der Waals surface area (Å²) in [7, 11) is 1.41. The van der Waals surface area contributed by atoms with E-state index < -0.39 is 0 Å². The van der Waals surface area contributed by atoms with Crippen molar-refractivity contribution in [2.45, 2.75) is 6.61 Å². The average Bonchev–Trinajstić information content (AvgIpc) is 2.59. The van der Waals surface area contributed by atoms with Gasteiger partial charge in [0.1, 0.15) is 19.5 Å². The van der Waals surface area contributed by atoms with Crippen LogP contribution in [0.15, 0.2) is 53.7 Å². The first kappa shape index (κ1) is 17.4. The minimum absolute atomic E-state index is 0.169. The van der Waals surface area contributed by atoms with E-state index in [1.54, 1.807) is 18.4 Å². The van der Waals surface area contributed by atoms with E-state index in [9.17, 15) is 4.79 Å². The first-order valence-electron chi connectivity index (χ1n) is 6.82. The molecule has 2 aromatic carbocycles. The minimum atomic E-state index is -0.169. The zero-order valence-electron chi connectivity index (χ0n) is 12.8. The molecule has 0 aliphatic rings. The van der Waals surface area contributed by atoms with Crippen molar-refractivity contribution in [3.63, 3.8) is 0 Å². The molecule has 0 aliphatic heterocycles. The van der Waals surface area contributed by atoms with Crippen LogP contribution in [-0.2, 0) is 16.2 Å². The Bertz CT molecular complexity index is 718. The van der Waals surface area contributed by atoms with Gasteiger partial charge in [0.25, 0.3) is 0 Å². The van der Waals surface area contributed by atoms with Crippen molar-refractivity contribution in [3.8, 4) is 5.75 Å². The van der Waals surface area contributed by atoms with Crippen LogP contribution in [0, 0.1) is 0 Å². The number of rotatable bonds is 6. The lowest BCUT2D eigenvalue weighted by molar-refractivity contribution is -0.105. The number of hydrogen-bond acceptors (Lipinski definition) is 5. The molecule has 0 saturated heterocycles. The van der Waals surface area contributed by atoms with E-state index in [4.69, 9.17) is 21.2 Å². The van der Waals surface area contributed by atoms with Crippen LogP contribution in [-0.4, -0.2) is 24.2 Å². The van der Waals surface area contributed by atoms with Crippen LogP contribution in [0.2, 0.25) is 5.02 Å². The number of benzene rings is 2. The highest BCUT2D eigenvalue weighted by Gasteiger charge is 2.18. The van der Waals surface area contributed by atoms with Gasteiger partial charge >= 0.3 is 0 Å². The fraction of sp³-hybridized carbons (Fsp3) is 0.176. The minimum Gasteiger partial charge on any atom is -0.487 e. The van der Waals surface area contributed by atoms with Gasteiger partial charge in [0, 0.05) is 5.56 Å². The Balaban J connectivity index is 2.28. The van der Waals surface area contributed by atoms with Crippen molar-refractivity contribution in [1.82, 2.24) is 0 Å². The number of thioether (sulfide) groups is 1. The molecule has 2 aromatic rings. The molecule has 0 atom stereocenters. The summed E-state index contributed by atoms with van der Waals surface area (Å²) in [5.41, 5.74) is 1.77. The number of carbonyl (C=O) groups excluding carboxylic acids is 1. The maximum absolute atomic E-state index is 12.1. The molecule has 0 heterocycles. The van der Waals surface area contributed by atoms with Gasteiger partial charge in [0.15, 0.2) is 5.71 Å². The van der Waals surface area contributed by atoms with Gasteiger partial charge in [-0.05, 0) is 24.0 Å². The van der Waals surface area contributed by atoms with E-state index in [0.717, 1.165) is 17.3 Å². The third kappa shape index (κ3) is 4.50.